The number of aliphatic carboxylic acids is 1. The van der Waals surface area contributed by atoms with Crippen molar-refractivity contribution in [2.75, 3.05) is 0 Å². The first-order valence-electron chi connectivity index (χ1n) is 5.14. The van der Waals surface area contributed by atoms with Crippen molar-refractivity contribution in [3.63, 3.8) is 0 Å². The number of benzene rings is 1. The van der Waals surface area contributed by atoms with Gasteiger partial charge in [-0.3, -0.25) is 4.79 Å². The Labute approximate surface area is 105 Å². The first-order chi connectivity index (χ1) is 7.65. The summed E-state index contributed by atoms with van der Waals surface area (Å²) in [4.78, 5) is 11.0. The highest BCUT2D eigenvalue weighted by molar-refractivity contribution is 8.24. The van der Waals surface area contributed by atoms with Gasteiger partial charge in [0.05, 0.1) is 4.20 Å². The summed E-state index contributed by atoms with van der Waals surface area (Å²) < 4.78 is 0.654. The van der Waals surface area contributed by atoms with Gasteiger partial charge >= 0.3 is 5.97 Å². The zero-order chi connectivity index (χ0) is 12.0. The molecule has 1 atom stereocenters. The van der Waals surface area contributed by atoms with Crippen LogP contribution < -0.4 is 0 Å². The van der Waals surface area contributed by atoms with Crippen molar-refractivity contribution in [1.29, 1.82) is 0 Å². The molecule has 0 amide bonds. The van der Waals surface area contributed by atoms with Crippen molar-refractivity contribution in [2.24, 2.45) is 0 Å². The van der Waals surface area contributed by atoms with Gasteiger partial charge in [0.25, 0.3) is 0 Å². The van der Waals surface area contributed by atoms with Crippen molar-refractivity contribution in [1.82, 2.24) is 0 Å². The van der Waals surface area contributed by atoms with E-state index < -0.39 is 11.2 Å². The van der Waals surface area contributed by atoms with E-state index in [0.717, 1.165) is 12.0 Å². The van der Waals surface area contributed by atoms with Crippen LogP contribution in [0.15, 0.2) is 30.3 Å². The Bertz CT molecular complexity index is 363. The molecule has 1 aromatic rings. The molecule has 1 N–H and O–H groups in total. The van der Waals surface area contributed by atoms with Crippen LogP contribution >= 0.6 is 24.0 Å². The van der Waals surface area contributed by atoms with E-state index in [9.17, 15) is 4.79 Å². The maximum absolute atomic E-state index is 11.0. The third-order valence-electron chi connectivity index (χ3n) is 2.09. The van der Waals surface area contributed by atoms with Crippen LogP contribution in [0.3, 0.4) is 0 Å². The molecule has 0 aliphatic rings. The molecule has 0 aliphatic carbocycles. The van der Waals surface area contributed by atoms with E-state index in [1.54, 1.807) is 0 Å². The fourth-order valence-electron chi connectivity index (χ4n) is 1.27. The van der Waals surface area contributed by atoms with Gasteiger partial charge in [-0.05, 0) is 12.0 Å². The van der Waals surface area contributed by atoms with Crippen molar-refractivity contribution in [3.8, 4) is 0 Å². The summed E-state index contributed by atoms with van der Waals surface area (Å²) in [5.74, 6) is -0.787. The Hall–Kier alpha value is -0.870. The number of carboxylic acid groups (broad SMARTS) is 1. The van der Waals surface area contributed by atoms with Gasteiger partial charge in [-0.2, -0.15) is 0 Å². The zero-order valence-corrected chi connectivity index (χ0v) is 10.7. The smallest absolute Gasteiger partial charge is 0.317 e. The third-order valence-corrected chi connectivity index (χ3v) is 3.78. The van der Waals surface area contributed by atoms with Gasteiger partial charge in [-0.15, -0.1) is 0 Å². The van der Waals surface area contributed by atoms with Crippen LogP contribution in [0.1, 0.15) is 25.3 Å². The lowest BCUT2D eigenvalue weighted by Crippen LogP contribution is -2.17. The highest BCUT2D eigenvalue weighted by Gasteiger charge is 2.19. The summed E-state index contributed by atoms with van der Waals surface area (Å²) in [5, 5.41) is 8.59. The Morgan fingerprint density at radius 2 is 2.06 bits per heavy atom. The molecule has 0 bridgehead atoms. The van der Waals surface area contributed by atoms with Gasteiger partial charge in [-0.1, -0.05) is 67.7 Å². The summed E-state index contributed by atoms with van der Waals surface area (Å²) in [6.07, 6.45) is 1.49. The number of hydrogen-bond donors (Lipinski definition) is 1. The minimum atomic E-state index is -0.787. The highest BCUT2D eigenvalue weighted by Crippen LogP contribution is 2.22. The molecular weight excluding hydrogens is 240 g/mol. The minimum Gasteiger partial charge on any atom is -0.480 e. The first kappa shape index (κ1) is 13.2. The average molecular weight is 254 g/mol. The van der Waals surface area contributed by atoms with Crippen LogP contribution in [0.25, 0.3) is 0 Å². The Kier molecular flexibility index (Phi) is 5.49. The number of hydrogen-bond acceptors (Lipinski definition) is 3. The molecule has 1 unspecified atom stereocenters. The van der Waals surface area contributed by atoms with Crippen LogP contribution in [0.4, 0.5) is 0 Å². The SMILES string of the molecule is CCCC(SC(=S)c1ccccc1)C(=O)O. The maximum Gasteiger partial charge on any atom is 0.317 e. The van der Waals surface area contributed by atoms with Crippen LogP contribution in [-0.2, 0) is 4.79 Å². The first-order valence-corrected chi connectivity index (χ1v) is 6.42. The molecule has 0 saturated heterocycles. The van der Waals surface area contributed by atoms with E-state index in [-0.39, 0.29) is 0 Å². The molecule has 0 fully saturated rings. The van der Waals surface area contributed by atoms with Crippen molar-refractivity contribution < 1.29 is 9.90 Å². The Balaban J connectivity index is 2.65. The largest absolute Gasteiger partial charge is 0.480 e. The molecule has 2 nitrogen and oxygen atoms in total. The monoisotopic (exact) mass is 254 g/mol. The van der Waals surface area contributed by atoms with E-state index in [1.807, 2.05) is 37.3 Å². The Morgan fingerprint density at radius 3 is 2.56 bits per heavy atom. The summed E-state index contributed by atoms with van der Waals surface area (Å²) in [5.41, 5.74) is 0.921. The summed E-state index contributed by atoms with van der Waals surface area (Å²) in [6.45, 7) is 1.97. The summed E-state index contributed by atoms with van der Waals surface area (Å²) >= 11 is 6.49. The lowest BCUT2D eigenvalue weighted by Gasteiger charge is -2.11. The molecule has 1 aromatic carbocycles. The highest BCUT2D eigenvalue weighted by atomic mass is 32.2. The molecular formula is C12H14O2S2. The minimum absolute atomic E-state index is 0.433. The fourth-order valence-corrected chi connectivity index (χ4v) is 2.74. The number of rotatable bonds is 5. The van der Waals surface area contributed by atoms with Gasteiger partial charge in [-0.25, -0.2) is 0 Å². The van der Waals surface area contributed by atoms with Gasteiger partial charge in [0.15, 0.2) is 0 Å². The van der Waals surface area contributed by atoms with E-state index >= 15 is 0 Å². The number of thiocarbonyl (C=S) groups is 1. The zero-order valence-electron chi connectivity index (χ0n) is 9.05. The lowest BCUT2D eigenvalue weighted by molar-refractivity contribution is -0.136. The predicted octanol–water partition coefficient (Wildman–Crippen LogP) is 3.35. The molecule has 0 aliphatic heterocycles. The molecule has 4 heteroatoms. The third kappa shape index (κ3) is 3.94. The van der Waals surface area contributed by atoms with Crippen LogP contribution in [0.5, 0.6) is 0 Å². The topological polar surface area (TPSA) is 37.3 Å². The summed E-state index contributed by atoms with van der Waals surface area (Å²) in [7, 11) is 0. The molecule has 0 heterocycles. The van der Waals surface area contributed by atoms with E-state index in [0.29, 0.717) is 10.6 Å². The van der Waals surface area contributed by atoms with Gasteiger partial charge < -0.3 is 5.11 Å². The molecule has 16 heavy (non-hydrogen) atoms. The fraction of sp³-hybridized carbons (Fsp3) is 0.333. The number of carbonyl (C=O) groups is 1. The van der Waals surface area contributed by atoms with Crippen LogP contribution in [0, 0.1) is 0 Å². The maximum atomic E-state index is 11.0. The number of carboxylic acids is 1. The molecule has 0 aromatic heterocycles. The molecule has 0 radical (unpaired) electrons. The second-order valence-electron chi connectivity index (χ2n) is 3.39. The van der Waals surface area contributed by atoms with Crippen LogP contribution in [0.2, 0.25) is 0 Å². The normalized spacial score (nSPS) is 12.1. The Morgan fingerprint density at radius 1 is 1.44 bits per heavy atom. The predicted molar refractivity (Wildman–Crippen MR) is 72.1 cm³/mol. The molecule has 86 valence electrons. The lowest BCUT2D eigenvalue weighted by atomic mass is 10.2. The van der Waals surface area contributed by atoms with E-state index in [4.69, 9.17) is 17.3 Å². The van der Waals surface area contributed by atoms with Gasteiger partial charge in [0, 0.05) is 0 Å². The quantitative estimate of drug-likeness (QED) is 0.818. The van der Waals surface area contributed by atoms with Gasteiger partial charge in [0.1, 0.15) is 5.25 Å². The van der Waals surface area contributed by atoms with Crippen LogP contribution in [-0.4, -0.2) is 20.5 Å². The average Bonchev–Trinajstić information content (AvgIpc) is 2.29. The van der Waals surface area contributed by atoms with E-state index in [2.05, 4.69) is 0 Å². The second kappa shape index (κ2) is 6.66. The molecule has 0 saturated carbocycles. The van der Waals surface area contributed by atoms with Crippen molar-refractivity contribution in [2.45, 2.75) is 25.0 Å². The van der Waals surface area contributed by atoms with Crippen molar-refractivity contribution >= 4 is 34.1 Å². The number of thioether (sulfide) groups is 1. The standard InChI is InChI=1S/C12H14O2S2/c1-2-6-10(11(13)14)16-12(15)9-7-4-3-5-8-9/h3-5,7-8,10H,2,6H2,1H3,(H,13,14). The van der Waals surface area contributed by atoms with Gasteiger partial charge in [0.2, 0.25) is 0 Å². The van der Waals surface area contributed by atoms with E-state index in [1.165, 1.54) is 11.8 Å². The molecule has 0 spiro atoms. The molecule has 1 rings (SSSR count). The second-order valence-corrected chi connectivity index (χ2v) is 5.27. The summed E-state index contributed by atoms with van der Waals surface area (Å²) in [6, 6.07) is 9.52. The van der Waals surface area contributed by atoms with Crippen molar-refractivity contribution in [3.05, 3.63) is 35.9 Å².